The third kappa shape index (κ3) is 4.20. The Hall–Kier alpha value is -2.66. The average molecular weight is 324 g/mol. The number of benzene rings is 2. The van der Waals surface area contributed by atoms with Crippen LogP contribution in [0.25, 0.3) is 0 Å². The van der Waals surface area contributed by atoms with Gasteiger partial charge in [0.25, 0.3) is 5.91 Å². The van der Waals surface area contributed by atoms with Crippen molar-refractivity contribution in [2.75, 3.05) is 24.6 Å². The highest BCUT2D eigenvalue weighted by Crippen LogP contribution is 2.17. The van der Waals surface area contributed by atoms with Gasteiger partial charge in [-0.15, -0.1) is 0 Å². The number of rotatable bonds is 5. The van der Waals surface area contributed by atoms with E-state index in [0.717, 1.165) is 11.3 Å². The number of anilines is 1. The fraction of sp³-hybridized carbons (Fsp3) is 0.263. The number of nitrogens with zero attached hydrogens (tertiary/aromatic N) is 1. The number of carbonyl (C=O) groups is 2. The molecule has 3 rings (SSSR count). The predicted molar refractivity (Wildman–Crippen MR) is 91.7 cm³/mol. The quantitative estimate of drug-likeness (QED) is 0.912. The first-order chi connectivity index (χ1) is 11.7. The van der Waals surface area contributed by atoms with Crippen LogP contribution in [0.4, 0.5) is 5.69 Å². The maximum atomic E-state index is 12.0. The van der Waals surface area contributed by atoms with Gasteiger partial charge >= 0.3 is 0 Å². The van der Waals surface area contributed by atoms with Gasteiger partial charge in [-0.25, -0.2) is 0 Å². The lowest BCUT2D eigenvalue weighted by atomic mass is 10.1. The van der Waals surface area contributed by atoms with Crippen LogP contribution in [-0.2, 0) is 20.7 Å². The minimum atomic E-state index is -0.206. The van der Waals surface area contributed by atoms with E-state index in [4.69, 9.17) is 4.74 Å². The van der Waals surface area contributed by atoms with E-state index in [1.165, 1.54) is 0 Å². The maximum Gasteiger partial charge on any atom is 0.253 e. The molecule has 1 unspecified atom stereocenters. The SMILES string of the molecule is O=C(Cc1ccccc1)NCC1CN(c2ccccc2)C(=O)CO1. The molecule has 0 radical (unpaired) electrons. The summed E-state index contributed by atoms with van der Waals surface area (Å²) in [7, 11) is 0. The molecule has 2 aromatic rings. The van der Waals surface area contributed by atoms with Crippen molar-refractivity contribution in [3.8, 4) is 0 Å². The normalized spacial score (nSPS) is 17.6. The lowest BCUT2D eigenvalue weighted by Crippen LogP contribution is -2.50. The highest BCUT2D eigenvalue weighted by atomic mass is 16.5. The van der Waals surface area contributed by atoms with Crippen molar-refractivity contribution >= 4 is 17.5 Å². The number of carbonyl (C=O) groups excluding carboxylic acids is 2. The van der Waals surface area contributed by atoms with Crippen molar-refractivity contribution in [1.29, 1.82) is 0 Å². The molecule has 1 saturated heterocycles. The first-order valence-corrected chi connectivity index (χ1v) is 8.00. The van der Waals surface area contributed by atoms with Gasteiger partial charge in [0.2, 0.25) is 5.91 Å². The van der Waals surface area contributed by atoms with E-state index in [1.807, 2.05) is 60.7 Å². The van der Waals surface area contributed by atoms with Crippen LogP contribution in [0, 0.1) is 0 Å². The van der Waals surface area contributed by atoms with E-state index in [9.17, 15) is 9.59 Å². The number of hydrogen-bond donors (Lipinski definition) is 1. The number of para-hydroxylation sites is 1. The molecule has 1 aliphatic rings. The molecule has 5 nitrogen and oxygen atoms in total. The first-order valence-electron chi connectivity index (χ1n) is 8.00. The minimum Gasteiger partial charge on any atom is -0.365 e. The van der Waals surface area contributed by atoms with E-state index in [0.29, 0.717) is 19.5 Å². The summed E-state index contributed by atoms with van der Waals surface area (Å²) in [6.07, 6.45) is 0.136. The molecule has 1 N–H and O–H groups in total. The van der Waals surface area contributed by atoms with Gasteiger partial charge in [-0.3, -0.25) is 9.59 Å². The second-order valence-corrected chi connectivity index (χ2v) is 5.74. The van der Waals surface area contributed by atoms with Crippen LogP contribution in [0.3, 0.4) is 0 Å². The Bertz CT molecular complexity index is 688. The highest BCUT2D eigenvalue weighted by molar-refractivity contribution is 5.95. The van der Waals surface area contributed by atoms with Gasteiger partial charge in [0.05, 0.1) is 19.1 Å². The average Bonchev–Trinajstić information content (AvgIpc) is 2.62. The molecule has 124 valence electrons. The van der Waals surface area contributed by atoms with Crippen LogP contribution in [0.15, 0.2) is 60.7 Å². The van der Waals surface area contributed by atoms with Crippen LogP contribution < -0.4 is 10.2 Å². The molecule has 2 amide bonds. The fourth-order valence-corrected chi connectivity index (χ4v) is 2.68. The van der Waals surface area contributed by atoms with Crippen molar-refractivity contribution in [2.24, 2.45) is 0 Å². The van der Waals surface area contributed by atoms with Gasteiger partial charge in [-0.05, 0) is 17.7 Å². The van der Waals surface area contributed by atoms with Crippen LogP contribution in [0.5, 0.6) is 0 Å². The lowest BCUT2D eigenvalue weighted by Gasteiger charge is -2.32. The Kier molecular flexibility index (Phi) is 5.23. The molecule has 0 aliphatic carbocycles. The van der Waals surface area contributed by atoms with Gasteiger partial charge in [0.1, 0.15) is 6.61 Å². The zero-order valence-corrected chi connectivity index (χ0v) is 13.4. The molecule has 0 bridgehead atoms. The molecule has 1 atom stereocenters. The van der Waals surface area contributed by atoms with E-state index in [-0.39, 0.29) is 24.5 Å². The molecule has 2 aromatic carbocycles. The van der Waals surface area contributed by atoms with Crippen molar-refractivity contribution in [1.82, 2.24) is 5.32 Å². The van der Waals surface area contributed by atoms with Crippen LogP contribution in [0.1, 0.15) is 5.56 Å². The van der Waals surface area contributed by atoms with Crippen LogP contribution >= 0.6 is 0 Å². The Morgan fingerprint density at radius 3 is 2.46 bits per heavy atom. The Balaban J connectivity index is 1.52. The summed E-state index contributed by atoms with van der Waals surface area (Å²) in [5.41, 5.74) is 1.83. The minimum absolute atomic E-state index is 0.0358. The van der Waals surface area contributed by atoms with Crippen molar-refractivity contribution in [3.05, 3.63) is 66.2 Å². The Morgan fingerprint density at radius 1 is 1.08 bits per heavy atom. The first kappa shape index (κ1) is 16.2. The molecule has 0 spiro atoms. The number of ether oxygens (including phenoxy) is 1. The van der Waals surface area contributed by atoms with Gasteiger partial charge in [-0.2, -0.15) is 0 Å². The van der Waals surface area contributed by atoms with Crippen LogP contribution in [-0.4, -0.2) is 37.6 Å². The summed E-state index contributed by atoms with van der Waals surface area (Å²) in [5.74, 6) is -0.110. The Labute approximate surface area is 141 Å². The topological polar surface area (TPSA) is 58.6 Å². The zero-order chi connectivity index (χ0) is 16.8. The molecule has 24 heavy (non-hydrogen) atoms. The standard InChI is InChI=1S/C19H20N2O3/c22-18(11-15-7-3-1-4-8-15)20-12-17-13-21(19(23)14-24-17)16-9-5-2-6-10-16/h1-10,17H,11-14H2,(H,20,22). The number of nitrogens with one attached hydrogen (secondary N) is 1. The summed E-state index contributed by atoms with van der Waals surface area (Å²) in [5, 5.41) is 2.89. The second-order valence-electron chi connectivity index (χ2n) is 5.74. The summed E-state index contributed by atoms with van der Waals surface area (Å²) >= 11 is 0. The van der Waals surface area contributed by atoms with Crippen molar-refractivity contribution < 1.29 is 14.3 Å². The molecule has 1 heterocycles. The summed E-state index contributed by atoms with van der Waals surface area (Å²) in [4.78, 5) is 25.8. The van der Waals surface area contributed by atoms with E-state index in [1.54, 1.807) is 4.90 Å². The van der Waals surface area contributed by atoms with Crippen molar-refractivity contribution in [2.45, 2.75) is 12.5 Å². The smallest absolute Gasteiger partial charge is 0.253 e. The molecule has 5 heteroatoms. The summed E-state index contributed by atoms with van der Waals surface area (Å²) in [6, 6.07) is 19.1. The molecule has 1 fully saturated rings. The second kappa shape index (κ2) is 7.75. The highest BCUT2D eigenvalue weighted by Gasteiger charge is 2.27. The third-order valence-electron chi connectivity index (χ3n) is 3.93. The Morgan fingerprint density at radius 2 is 1.75 bits per heavy atom. The number of hydrogen-bond acceptors (Lipinski definition) is 3. The largest absolute Gasteiger partial charge is 0.365 e. The van der Waals surface area contributed by atoms with Gasteiger partial charge in [0.15, 0.2) is 0 Å². The molecule has 1 aliphatic heterocycles. The summed E-state index contributed by atoms with van der Waals surface area (Å²) in [6.45, 7) is 0.866. The molecular weight excluding hydrogens is 304 g/mol. The molecular formula is C19H20N2O3. The molecule has 0 aromatic heterocycles. The third-order valence-corrected chi connectivity index (χ3v) is 3.93. The monoisotopic (exact) mass is 324 g/mol. The van der Waals surface area contributed by atoms with Gasteiger partial charge in [0, 0.05) is 12.2 Å². The number of amides is 2. The summed E-state index contributed by atoms with van der Waals surface area (Å²) < 4.78 is 5.54. The van der Waals surface area contributed by atoms with Gasteiger partial charge < -0.3 is 15.0 Å². The van der Waals surface area contributed by atoms with Gasteiger partial charge in [-0.1, -0.05) is 48.5 Å². The van der Waals surface area contributed by atoms with E-state index < -0.39 is 0 Å². The van der Waals surface area contributed by atoms with E-state index in [2.05, 4.69) is 5.32 Å². The lowest BCUT2D eigenvalue weighted by molar-refractivity contribution is -0.129. The predicted octanol–water partition coefficient (Wildman–Crippen LogP) is 1.78. The maximum absolute atomic E-state index is 12.0. The van der Waals surface area contributed by atoms with Crippen LogP contribution in [0.2, 0.25) is 0 Å². The van der Waals surface area contributed by atoms with Crippen molar-refractivity contribution in [3.63, 3.8) is 0 Å². The number of morpholine rings is 1. The molecule has 0 saturated carbocycles. The van der Waals surface area contributed by atoms with E-state index >= 15 is 0 Å². The fourth-order valence-electron chi connectivity index (χ4n) is 2.68. The zero-order valence-electron chi connectivity index (χ0n) is 13.4.